The molecule has 10 nitrogen and oxygen atoms in total. The summed E-state index contributed by atoms with van der Waals surface area (Å²) in [6, 6.07) is 10.9. The van der Waals surface area contributed by atoms with Crippen LogP contribution in [0.4, 0.5) is 5.69 Å². The number of rotatable bonds is 5. The Morgan fingerprint density at radius 2 is 1.76 bits per heavy atom. The van der Waals surface area contributed by atoms with Crippen LogP contribution in [0.2, 0.25) is 0 Å². The number of piperazine rings is 1. The van der Waals surface area contributed by atoms with Gasteiger partial charge in [0, 0.05) is 37.8 Å². The van der Waals surface area contributed by atoms with E-state index in [9.17, 15) is 22.8 Å². The van der Waals surface area contributed by atoms with Gasteiger partial charge in [0.25, 0.3) is 11.8 Å². The fraction of sp³-hybridized carbons (Fsp3) is 0.348. The van der Waals surface area contributed by atoms with Gasteiger partial charge in [-0.3, -0.25) is 14.4 Å². The van der Waals surface area contributed by atoms with E-state index in [1.165, 1.54) is 10.4 Å². The first kappa shape index (κ1) is 23.7. The first-order chi connectivity index (χ1) is 16.2. The summed E-state index contributed by atoms with van der Waals surface area (Å²) in [5.74, 6) is -0.600. The number of hydrogen-bond acceptors (Lipinski definition) is 6. The molecule has 0 saturated carbocycles. The van der Waals surface area contributed by atoms with Gasteiger partial charge in [0.1, 0.15) is 11.8 Å². The van der Waals surface area contributed by atoms with Gasteiger partial charge in [0.05, 0.1) is 10.6 Å². The SMILES string of the molecule is Cc1cc2c(cc1S(=O)(=O)N1CCN(C(=O)[C@@H](C)NC(=O)c3ccccc3)CC1)OCC(=O)N2. The van der Waals surface area contributed by atoms with Crippen LogP contribution in [-0.2, 0) is 19.6 Å². The minimum Gasteiger partial charge on any atom is -0.482 e. The Kier molecular flexibility index (Phi) is 6.58. The van der Waals surface area contributed by atoms with Crippen molar-refractivity contribution in [2.24, 2.45) is 0 Å². The smallest absolute Gasteiger partial charge is 0.262 e. The summed E-state index contributed by atoms with van der Waals surface area (Å²) in [7, 11) is -3.83. The Morgan fingerprint density at radius 1 is 1.09 bits per heavy atom. The molecular weight excluding hydrogens is 460 g/mol. The predicted octanol–water partition coefficient (Wildman–Crippen LogP) is 0.977. The summed E-state index contributed by atoms with van der Waals surface area (Å²) in [6.45, 7) is 3.77. The maximum atomic E-state index is 13.3. The molecule has 0 aliphatic carbocycles. The number of anilines is 1. The average Bonchev–Trinajstić information content (AvgIpc) is 2.83. The van der Waals surface area contributed by atoms with Crippen LogP contribution in [0, 0.1) is 6.92 Å². The molecule has 0 unspecified atom stereocenters. The number of hydrogen-bond donors (Lipinski definition) is 2. The van der Waals surface area contributed by atoms with Gasteiger partial charge in [-0.25, -0.2) is 8.42 Å². The van der Waals surface area contributed by atoms with Crippen LogP contribution in [0.15, 0.2) is 47.4 Å². The summed E-state index contributed by atoms with van der Waals surface area (Å²) in [6.07, 6.45) is 0. The highest BCUT2D eigenvalue weighted by atomic mass is 32.2. The number of carbonyl (C=O) groups is 3. The molecule has 2 aliphatic rings. The third-order valence-corrected chi connectivity index (χ3v) is 7.87. The summed E-state index contributed by atoms with van der Waals surface area (Å²) >= 11 is 0. The predicted molar refractivity (Wildman–Crippen MR) is 124 cm³/mol. The first-order valence-electron chi connectivity index (χ1n) is 10.9. The second-order valence-corrected chi connectivity index (χ2v) is 10.1. The molecule has 34 heavy (non-hydrogen) atoms. The molecule has 4 rings (SSSR count). The van der Waals surface area contributed by atoms with Crippen molar-refractivity contribution in [2.45, 2.75) is 24.8 Å². The van der Waals surface area contributed by atoms with Gasteiger partial charge in [-0.05, 0) is 37.6 Å². The number of benzene rings is 2. The second-order valence-electron chi connectivity index (χ2n) is 8.24. The van der Waals surface area contributed by atoms with Crippen LogP contribution in [0.3, 0.4) is 0 Å². The van der Waals surface area contributed by atoms with Crippen LogP contribution < -0.4 is 15.4 Å². The molecule has 1 fully saturated rings. The number of amides is 3. The van der Waals surface area contributed by atoms with Crippen molar-refractivity contribution in [3.63, 3.8) is 0 Å². The van der Waals surface area contributed by atoms with E-state index in [0.717, 1.165) is 0 Å². The molecule has 0 aromatic heterocycles. The zero-order valence-electron chi connectivity index (χ0n) is 18.9. The van der Waals surface area contributed by atoms with E-state index in [1.54, 1.807) is 55.1 Å². The topological polar surface area (TPSA) is 125 Å². The lowest BCUT2D eigenvalue weighted by atomic mass is 10.2. The molecule has 1 atom stereocenters. The van der Waals surface area contributed by atoms with Crippen molar-refractivity contribution >= 4 is 33.4 Å². The summed E-state index contributed by atoms with van der Waals surface area (Å²) in [5, 5.41) is 5.36. The zero-order valence-corrected chi connectivity index (χ0v) is 19.7. The quantitative estimate of drug-likeness (QED) is 0.649. The lowest BCUT2D eigenvalue weighted by Gasteiger charge is -2.35. The van der Waals surface area contributed by atoms with Gasteiger partial charge in [-0.2, -0.15) is 4.31 Å². The van der Waals surface area contributed by atoms with Gasteiger partial charge in [-0.15, -0.1) is 0 Å². The van der Waals surface area contributed by atoms with Gasteiger partial charge >= 0.3 is 0 Å². The number of aryl methyl sites for hydroxylation is 1. The molecule has 3 amide bonds. The lowest BCUT2D eigenvalue weighted by Crippen LogP contribution is -2.55. The maximum Gasteiger partial charge on any atom is 0.262 e. The van der Waals surface area contributed by atoms with Crippen molar-refractivity contribution in [2.75, 3.05) is 38.1 Å². The fourth-order valence-corrected chi connectivity index (χ4v) is 5.63. The average molecular weight is 487 g/mol. The zero-order chi connectivity index (χ0) is 24.5. The van der Waals surface area contributed by atoms with E-state index in [1.807, 2.05) is 0 Å². The van der Waals surface area contributed by atoms with Gasteiger partial charge in [0.2, 0.25) is 15.9 Å². The van der Waals surface area contributed by atoms with Gasteiger partial charge in [-0.1, -0.05) is 18.2 Å². The Hall–Kier alpha value is -3.44. The third kappa shape index (κ3) is 4.75. The summed E-state index contributed by atoms with van der Waals surface area (Å²) < 4.78 is 33.3. The summed E-state index contributed by atoms with van der Waals surface area (Å²) in [5.41, 5.74) is 1.39. The molecule has 1 saturated heterocycles. The van der Waals surface area contributed by atoms with E-state index in [-0.39, 0.29) is 55.4 Å². The molecule has 0 radical (unpaired) electrons. The number of nitrogens with zero attached hydrogens (tertiary/aromatic N) is 2. The Bertz CT molecular complexity index is 1220. The largest absolute Gasteiger partial charge is 0.482 e. The van der Waals surface area contributed by atoms with Crippen molar-refractivity contribution < 1.29 is 27.5 Å². The van der Waals surface area contributed by atoms with E-state index in [4.69, 9.17) is 4.74 Å². The molecule has 2 heterocycles. The van der Waals surface area contributed by atoms with Gasteiger partial charge in [0.15, 0.2) is 6.61 Å². The minimum atomic E-state index is -3.83. The lowest BCUT2D eigenvalue weighted by molar-refractivity contribution is -0.134. The van der Waals surface area contributed by atoms with E-state index in [0.29, 0.717) is 22.6 Å². The van der Waals surface area contributed by atoms with Crippen LogP contribution >= 0.6 is 0 Å². The minimum absolute atomic E-state index is 0.102. The number of sulfonamides is 1. The third-order valence-electron chi connectivity index (χ3n) is 5.83. The molecular formula is C23H26N4O6S. The fourth-order valence-electron chi connectivity index (χ4n) is 3.99. The Labute approximate surface area is 197 Å². The monoisotopic (exact) mass is 486 g/mol. The Morgan fingerprint density at radius 3 is 2.44 bits per heavy atom. The van der Waals surface area contributed by atoms with Crippen LogP contribution in [0.25, 0.3) is 0 Å². The van der Waals surface area contributed by atoms with E-state index in [2.05, 4.69) is 10.6 Å². The van der Waals surface area contributed by atoms with Crippen molar-refractivity contribution in [3.8, 4) is 5.75 Å². The molecule has 2 aliphatic heterocycles. The molecule has 2 aromatic carbocycles. The van der Waals surface area contributed by atoms with Crippen molar-refractivity contribution in [1.82, 2.24) is 14.5 Å². The second kappa shape index (κ2) is 9.43. The highest BCUT2D eigenvalue weighted by Gasteiger charge is 2.33. The normalized spacial score (nSPS) is 17.2. The number of fused-ring (bicyclic) bond motifs is 1. The molecule has 0 spiro atoms. The Balaban J connectivity index is 1.40. The van der Waals surface area contributed by atoms with E-state index >= 15 is 0 Å². The molecule has 2 aromatic rings. The molecule has 0 bridgehead atoms. The van der Waals surface area contributed by atoms with Crippen molar-refractivity contribution in [1.29, 1.82) is 0 Å². The standard InChI is InChI=1S/C23H26N4O6S/c1-15-12-18-19(33-14-21(28)25-18)13-20(15)34(31,32)27-10-8-26(9-11-27)23(30)16(2)24-22(29)17-6-4-3-5-7-17/h3-7,12-13,16H,8-11,14H2,1-2H3,(H,24,29)(H,25,28)/t16-/m1/s1. The van der Waals surface area contributed by atoms with E-state index < -0.39 is 16.1 Å². The highest BCUT2D eigenvalue weighted by molar-refractivity contribution is 7.89. The van der Waals surface area contributed by atoms with Crippen LogP contribution in [-0.4, -0.2) is 74.2 Å². The first-order valence-corrected chi connectivity index (χ1v) is 12.3. The maximum absolute atomic E-state index is 13.3. The summed E-state index contributed by atoms with van der Waals surface area (Å²) in [4.78, 5) is 38.3. The molecule has 11 heteroatoms. The number of ether oxygens (including phenoxy) is 1. The highest BCUT2D eigenvalue weighted by Crippen LogP contribution is 2.34. The number of carbonyl (C=O) groups excluding carboxylic acids is 3. The van der Waals surface area contributed by atoms with Crippen LogP contribution in [0.1, 0.15) is 22.8 Å². The molecule has 180 valence electrons. The van der Waals surface area contributed by atoms with Crippen LogP contribution in [0.5, 0.6) is 5.75 Å². The molecule has 2 N–H and O–H groups in total. The van der Waals surface area contributed by atoms with Gasteiger partial charge < -0.3 is 20.3 Å². The number of nitrogens with one attached hydrogen (secondary N) is 2. The van der Waals surface area contributed by atoms with Crippen molar-refractivity contribution in [3.05, 3.63) is 53.6 Å².